The van der Waals surface area contributed by atoms with Gasteiger partial charge in [0.2, 0.25) is 0 Å². The zero-order chi connectivity index (χ0) is 24.3. The first-order valence-electron chi connectivity index (χ1n) is 11.3. The predicted molar refractivity (Wildman–Crippen MR) is 127 cm³/mol. The van der Waals surface area contributed by atoms with Gasteiger partial charge in [0.1, 0.15) is 0 Å². The Balaban J connectivity index is -0.000000416. The molecule has 0 aromatic heterocycles. The van der Waals surface area contributed by atoms with Crippen molar-refractivity contribution in [2.45, 2.75) is 85.0 Å². The van der Waals surface area contributed by atoms with Crippen molar-refractivity contribution in [1.82, 2.24) is 0 Å². The molecule has 180 valence electrons. The molecule has 0 bridgehead atoms. The molecule has 0 aliphatic rings. The summed E-state index contributed by atoms with van der Waals surface area (Å²) in [5, 5.41) is 7.60. The third kappa shape index (κ3) is 32.5. The fraction of sp³-hybridized carbons (Fsp3) is 0.640. The maximum Gasteiger partial charge on any atom is 0.330 e. The molecule has 0 radical (unpaired) electrons. The molecule has 0 fully saturated rings. The van der Waals surface area contributed by atoms with Gasteiger partial charge in [-0.05, 0) is 18.8 Å². The van der Waals surface area contributed by atoms with Gasteiger partial charge in [-0.3, -0.25) is 0 Å². The Labute approximate surface area is 189 Å². The molecule has 6 nitrogen and oxygen atoms in total. The van der Waals surface area contributed by atoms with Gasteiger partial charge in [-0.2, -0.15) is 0 Å². The molecule has 1 atom stereocenters. The number of carbonyl (C=O) groups is 3. The summed E-state index contributed by atoms with van der Waals surface area (Å²) >= 11 is 0. The third-order valence-corrected chi connectivity index (χ3v) is 4.25. The average Bonchev–Trinajstić information content (AvgIpc) is 2.78. The molecule has 0 heterocycles. The van der Waals surface area contributed by atoms with Crippen LogP contribution in [0.2, 0.25) is 0 Å². The molecule has 1 N–H and O–H groups in total. The highest BCUT2D eigenvalue weighted by atomic mass is 16.5. The van der Waals surface area contributed by atoms with Crippen LogP contribution in [0.4, 0.5) is 0 Å². The van der Waals surface area contributed by atoms with E-state index < -0.39 is 5.97 Å². The van der Waals surface area contributed by atoms with Gasteiger partial charge >= 0.3 is 17.9 Å². The molecular formula is C25H44O6. The summed E-state index contributed by atoms with van der Waals surface area (Å²) in [5.41, 5.74) is 0. The van der Waals surface area contributed by atoms with Crippen molar-refractivity contribution in [2.75, 3.05) is 13.2 Å². The van der Waals surface area contributed by atoms with Crippen molar-refractivity contribution in [1.29, 1.82) is 0 Å². The molecular weight excluding hydrogens is 396 g/mol. The number of esters is 2. The topological polar surface area (TPSA) is 89.9 Å². The minimum Gasteiger partial charge on any atom is -0.478 e. The molecule has 0 spiro atoms. The normalized spacial score (nSPS) is 10.2. The van der Waals surface area contributed by atoms with Crippen molar-refractivity contribution >= 4 is 17.9 Å². The van der Waals surface area contributed by atoms with E-state index in [9.17, 15) is 14.4 Å². The fourth-order valence-electron chi connectivity index (χ4n) is 2.27. The highest BCUT2D eigenvalue weighted by Crippen LogP contribution is 2.12. The van der Waals surface area contributed by atoms with Crippen LogP contribution in [-0.4, -0.2) is 36.2 Å². The van der Waals surface area contributed by atoms with E-state index in [0.717, 1.165) is 31.8 Å². The first-order chi connectivity index (χ1) is 14.8. The molecule has 31 heavy (non-hydrogen) atoms. The summed E-state index contributed by atoms with van der Waals surface area (Å²) in [5.74, 6) is -1.09. The van der Waals surface area contributed by atoms with E-state index in [1.54, 1.807) is 0 Å². The Morgan fingerprint density at radius 2 is 1.26 bits per heavy atom. The van der Waals surface area contributed by atoms with Crippen molar-refractivity contribution in [3.63, 3.8) is 0 Å². The zero-order valence-corrected chi connectivity index (χ0v) is 19.9. The minimum absolute atomic E-state index is 0.310. The van der Waals surface area contributed by atoms with E-state index in [1.807, 2.05) is 0 Å². The molecule has 0 aliphatic carbocycles. The molecule has 0 aromatic rings. The van der Waals surface area contributed by atoms with E-state index in [1.165, 1.54) is 50.7 Å². The Kier molecular flexibility index (Phi) is 29.7. The molecule has 0 saturated carbocycles. The van der Waals surface area contributed by atoms with E-state index in [2.05, 4.69) is 40.5 Å². The maximum absolute atomic E-state index is 10.8. The number of rotatable bonds is 16. The highest BCUT2D eigenvalue weighted by Gasteiger charge is 2.07. The van der Waals surface area contributed by atoms with Crippen molar-refractivity contribution in [2.24, 2.45) is 5.92 Å². The fourth-order valence-corrected chi connectivity index (χ4v) is 2.27. The van der Waals surface area contributed by atoms with Crippen LogP contribution in [0.25, 0.3) is 0 Å². The van der Waals surface area contributed by atoms with Crippen LogP contribution in [0.15, 0.2) is 38.0 Å². The summed E-state index contributed by atoms with van der Waals surface area (Å²) in [6.07, 6.45) is 15.2. The number of hydrogen-bond donors (Lipinski definition) is 1. The lowest BCUT2D eigenvalue weighted by Gasteiger charge is -2.13. The number of ether oxygens (including phenoxy) is 2. The van der Waals surface area contributed by atoms with Crippen LogP contribution in [0.5, 0.6) is 0 Å². The van der Waals surface area contributed by atoms with E-state index in [-0.39, 0.29) is 11.9 Å². The van der Waals surface area contributed by atoms with E-state index >= 15 is 0 Å². The monoisotopic (exact) mass is 440 g/mol. The lowest BCUT2D eigenvalue weighted by Crippen LogP contribution is -2.12. The second kappa shape index (κ2) is 27.6. The van der Waals surface area contributed by atoms with Gasteiger partial charge in [-0.1, -0.05) is 91.9 Å². The highest BCUT2D eigenvalue weighted by molar-refractivity contribution is 5.81. The Morgan fingerprint density at radius 3 is 1.71 bits per heavy atom. The van der Waals surface area contributed by atoms with Crippen LogP contribution in [0.1, 0.15) is 85.0 Å². The first-order valence-corrected chi connectivity index (χ1v) is 11.3. The van der Waals surface area contributed by atoms with Crippen LogP contribution < -0.4 is 0 Å². The smallest absolute Gasteiger partial charge is 0.330 e. The Bertz CT molecular complexity index is 484. The summed E-state index contributed by atoms with van der Waals surface area (Å²) in [7, 11) is 0. The van der Waals surface area contributed by atoms with Crippen LogP contribution >= 0.6 is 0 Å². The summed E-state index contributed by atoms with van der Waals surface area (Å²) < 4.78 is 9.82. The molecule has 6 heteroatoms. The Hall–Kier alpha value is -2.37. The second-order valence-electron chi connectivity index (χ2n) is 6.93. The van der Waals surface area contributed by atoms with Crippen LogP contribution in [0.3, 0.4) is 0 Å². The Morgan fingerprint density at radius 1 is 0.774 bits per heavy atom. The molecule has 0 aliphatic heterocycles. The van der Waals surface area contributed by atoms with Gasteiger partial charge in [0.15, 0.2) is 0 Å². The molecule has 1 unspecified atom stereocenters. The van der Waals surface area contributed by atoms with Gasteiger partial charge in [0.05, 0.1) is 13.2 Å². The van der Waals surface area contributed by atoms with Gasteiger partial charge in [-0.15, -0.1) is 0 Å². The summed E-state index contributed by atoms with van der Waals surface area (Å²) in [4.78, 5) is 30.6. The molecule has 0 saturated heterocycles. The summed E-state index contributed by atoms with van der Waals surface area (Å²) in [6, 6.07) is 0. The zero-order valence-electron chi connectivity index (χ0n) is 19.9. The second-order valence-corrected chi connectivity index (χ2v) is 6.93. The average molecular weight is 441 g/mol. The lowest BCUT2D eigenvalue weighted by atomic mass is 10.0. The van der Waals surface area contributed by atoms with E-state index in [4.69, 9.17) is 14.6 Å². The largest absolute Gasteiger partial charge is 0.478 e. The number of carbonyl (C=O) groups excluding carboxylic acids is 2. The SMILES string of the molecule is C=CC(=O)O.C=CC(=O)OCC(CC)CCCC.C=CC(=O)OCCCCCCCC. The number of unbranched alkanes of at least 4 members (excludes halogenated alkanes) is 6. The van der Waals surface area contributed by atoms with Gasteiger partial charge in [0.25, 0.3) is 0 Å². The van der Waals surface area contributed by atoms with E-state index in [0.29, 0.717) is 19.1 Å². The quantitative estimate of drug-likeness (QED) is 0.173. The van der Waals surface area contributed by atoms with Crippen LogP contribution in [-0.2, 0) is 23.9 Å². The van der Waals surface area contributed by atoms with Gasteiger partial charge in [-0.25, -0.2) is 14.4 Å². The lowest BCUT2D eigenvalue weighted by molar-refractivity contribution is -0.139. The molecule has 0 amide bonds. The van der Waals surface area contributed by atoms with Crippen molar-refractivity contribution in [3.05, 3.63) is 38.0 Å². The maximum atomic E-state index is 10.8. The van der Waals surface area contributed by atoms with Crippen molar-refractivity contribution in [3.8, 4) is 0 Å². The van der Waals surface area contributed by atoms with Gasteiger partial charge < -0.3 is 14.6 Å². The first kappa shape index (κ1) is 33.3. The molecule has 0 aromatic carbocycles. The standard InChI is InChI=1S/2C11H20O2.C3H4O2/c1-4-7-8-10(5-2)9-13-11(12)6-3;1-3-5-6-7-8-9-10-13-11(12)4-2;1-2-3(4)5/h6,10H,3-5,7-9H2,1-2H3;4H,2-3,5-10H2,1H3;2H,1H2,(H,4,5). The third-order valence-electron chi connectivity index (χ3n) is 4.25. The minimum atomic E-state index is -0.981. The number of carboxylic acid groups (broad SMARTS) is 1. The number of hydrogen-bond acceptors (Lipinski definition) is 5. The predicted octanol–water partition coefficient (Wildman–Crippen LogP) is 6.27. The summed E-state index contributed by atoms with van der Waals surface area (Å²) in [6.45, 7) is 17.2. The van der Waals surface area contributed by atoms with Crippen molar-refractivity contribution < 1.29 is 29.0 Å². The van der Waals surface area contributed by atoms with Gasteiger partial charge in [0, 0.05) is 18.2 Å². The number of carboxylic acids is 1. The molecule has 0 rings (SSSR count). The number of aliphatic carboxylic acids is 1. The van der Waals surface area contributed by atoms with Crippen LogP contribution in [0, 0.1) is 5.92 Å².